The molecule has 4 atom stereocenters. The molecule has 6 nitrogen and oxygen atoms in total. The zero-order valence-electron chi connectivity index (χ0n) is 21.6. The standard InChI is InChI=1S/C28H48O6/c1-3-5-7-9-17-23-25(33-23)19-13-11-15-21(27(29)30)22(28(31)32)16-12-14-20-26-24(34-26)18-10-8-6-4-2/h23-26H,3-20H2,1-2H3,(H,29,30)(H,31,32). The fourth-order valence-electron chi connectivity index (χ4n) is 4.99. The SMILES string of the molecule is CCCCCCC1OC1CCCCC(C(=O)O)=C(CCCCC1OC1CCCCCC)C(=O)O. The fraction of sp³-hybridized carbons (Fsp3) is 0.857. The van der Waals surface area contributed by atoms with Gasteiger partial charge in [0.2, 0.25) is 0 Å². The van der Waals surface area contributed by atoms with Gasteiger partial charge in [-0.2, -0.15) is 0 Å². The van der Waals surface area contributed by atoms with E-state index in [0.717, 1.165) is 38.5 Å². The molecule has 2 aliphatic rings. The molecule has 0 aromatic heterocycles. The second-order valence-electron chi connectivity index (χ2n) is 10.2. The Morgan fingerprint density at radius 1 is 0.529 bits per heavy atom. The van der Waals surface area contributed by atoms with E-state index in [-0.39, 0.29) is 11.1 Å². The number of unbranched alkanes of at least 4 members (excludes halogenated alkanes) is 8. The van der Waals surface area contributed by atoms with Crippen LogP contribution < -0.4 is 0 Å². The molecule has 0 radical (unpaired) electrons. The first-order valence-corrected chi connectivity index (χ1v) is 14.0. The van der Waals surface area contributed by atoms with Crippen molar-refractivity contribution in [1.29, 1.82) is 0 Å². The van der Waals surface area contributed by atoms with Gasteiger partial charge in [0.05, 0.1) is 24.4 Å². The molecule has 2 aliphatic heterocycles. The number of aliphatic carboxylic acids is 2. The summed E-state index contributed by atoms with van der Waals surface area (Å²) < 4.78 is 11.5. The summed E-state index contributed by atoms with van der Waals surface area (Å²) in [5, 5.41) is 19.3. The van der Waals surface area contributed by atoms with E-state index in [2.05, 4.69) is 13.8 Å². The van der Waals surface area contributed by atoms with Crippen molar-refractivity contribution < 1.29 is 29.3 Å². The predicted octanol–water partition coefficient (Wildman–Crippen LogP) is 7.05. The average Bonchev–Trinajstić information content (AvgIpc) is 3.72. The molecule has 0 aromatic rings. The molecule has 34 heavy (non-hydrogen) atoms. The highest BCUT2D eigenvalue weighted by Crippen LogP contribution is 2.33. The van der Waals surface area contributed by atoms with Crippen LogP contribution in [0.25, 0.3) is 0 Å². The van der Waals surface area contributed by atoms with Crippen LogP contribution >= 0.6 is 0 Å². The molecule has 2 rings (SSSR count). The highest BCUT2D eigenvalue weighted by molar-refractivity contribution is 5.98. The van der Waals surface area contributed by atoms with E-state index in [0.29, 0.717) is 50.1 Å². The minimum atomic E-state index is -1.09. The van der Waals surface area contributed by atoms with Gasteiger partial charge in [-0.15, -0.1) is 0 Å². The van der Waals surface area contributed by atoms with Crippen molar-refractivity contribution in [2.75, 3.05) is 0 Å². The maximum Gasteiger partial charge on any atom is 0.332 e. The van der Waals surface area contributed by atoms with Crippen LogP contribution in [0.4, 0.5) is 0 Å². The van der Waals surface area contributed by atoms with Gasteiger partial charge in [-0.3, -0.25) is 0 Å². The third-order valence-electron chi connectivity index (χ3n) is 7.27. The van der Waals surface area contributed by atoms with Crippen molar-refractivity contribution in [3.63, 3.8) is 0 Å². The lowest BCUT2D eigenvalue weighted by molar-refractivity contribution is -0.136. The van der Waals surface area contributed by atoms with Gasteiger partial charge in [-0.1, -0.05) is 78.1 Å². The summed E-state index contributed by atoms with van der Waals surface area (Å²) in [7, 11) is 0. The number of hydrogen-bond acceptors (Lipinski definition) is 4. The van der Waals surface area contributed by atoms with E-state index in [9.17, 15) is 19.8 Å². The van der Waals surface area contributed by atoms with Crippen molar-refractivity contribution >= 4 is 11.9 Å². The van der Waals surface area contributed by atoms with E-state index in [4.69, 9.17) is 9.47 Å². The number of epoxide rings is 2. The van der Waals surface area contributed by atoms with Gasteiger partial charge >= 0.3 is 11.9 Å². The van der Waals surface area contributed by atoms with E-state index < -0.39 is 11.9 Å². The minimum Gasteiger partial charge on any atom is -0.478 e. The molecule has 2 heterocycles. The summed E-state index contributed by atoms with van der Waals surface area (Å²) in [6.07, 6.45) is 19.3. The van der Waals surface area contributed by atoms with Crippen LogP contribution in [-0.2, 0) is 19.1 Å². The second-order valence-corrected chi connectivity index (χ2v) is 10.2. The lowest BCUT2D eigenvalue weighted by Gasteiger charge is -2.09. The number of carboxylic acids is 2. The van der Waals surface area contributed by atoms with Crippen molar-refractivity contribution in [3.8, 4) is 0 Å². The molecular weight excluding hydrogens is 432 g/mol. The fourth-order valence-corrected chi connectivity index (χ4v) is 4.99. The predicted molar refractivity (Wildman–Crippen MR) is 134 cm³/mol. The molecule has 0 saturated carbocycles. The van der Waals surface area contributed by atoms with Crippen molar-refractivity contribution in [1.82, 2.24) is 0 Å². The average molecular weight is 481 g/mol. The molecule has 0 aliphatic carbocycles. The van der Waals surface area contributed by atoms with Gasteiger partial charge in [0.25, 0.3) is 0 Å². The quantitative estimate of drug-likeness (QED) is 0.0978. The normalized spacial score (nSPS) is 24.1. The lowest BCUT2D eigenvalue weighted by Crippen LogP contribution is -2.12. The Morgan fingerprint density at radius 3 is 1.15 bits per heavy atom. The topological polar surface area (TPSA) is 99.7 Å². The summed E-state index contributed by atoms with van der Waals surface area (Å²) in [4.78, 5) is 23.6. The van der Waals surface area contributed by atoms with Crippen molar-refractivity contribution in [2.24, 2.45) is 0 Å². The van der Waals surface area contributed by atoms with Crippen molar-refractivity contribution in [3.05, 3.63) is 11.1 Å². The summed E-state index contributed by atoms with van der Waals surface area (Å²) in [5.41, 5.74) is 0.161. The third kappa shape index (κ3) is 11.4. The van der Waals surface area contributed by atoms with Crippen LogP contribution in [0.5, 0.6) is 0 Å². The number of carboxylic acid groups (broad SMARTS) is 2. The Bertz CT molecular complexity index is 589. The Kier molecular flexibility index (Phi) is 13.8. The summed E-state index contributed by atoms with van der Waals surface area (Å²) in [6.45, 7) is 4.42. The molecule has 0 spiro atoms. The van der Waals surface area contributed by atoms with Gasteiger partial charge < -0.3 is 19.7 Å². The zero-order valence-corrected chi connectivity index (χ0v) is 21.6. The van der Waals surface area contributed by atoms with Gasteiger partial charge in [0.1, 0.15) is 0 Å². The van der Waals surface area contributed by atoms with Crippen molar-refractivity contribution in [2.45, 2.75) is 154 Å². The molecule has 2 saturated heterocycles. The molecule has 0 aromatic carbocycles. The molecule has 196 valence electrons. The van der Waals surface area contributed by atoms with Crippen LogP contribution in [0.3, 0.4) is 0 Å². The van der Waals surface area contributed by atoms with Gasteiger partial charge in [-0.25, -0.2) is 9.59 Å². The lowest BCUT2D eigenvalue weighted by atomic mass is 9.96. The number of rotatable bonds is 22. The first kappa shape index (κ1) is 28.8. The van der Waals surface area contributed by atoms with E-state index in [1.807, 2.05) is 0 Å². The maximum absolute atomic E-state index is 11.8. The van der Waals surface area contributed by atoms with E-state index in [1.54, 1.807) is 0 Å². The molecule has 2 fully saturated rings. The minimum absolute atomic E-state index is 0.0804. The number of hydrogen-bond donors (Lipinski definition) is 2. The zero-order chi connectivity index (χ0) is 24.8. The monoisotopic (exact) mass is 480 g/mol. The molecule has 2 N–H and O–H groups in total. The van der Waals surface area contributed by atoms with Gasteiger partial charge in [-0.05, 0) is 51.4 Å². The van der Waals surface area contributed by atoms with E-state index in [1.165, 1.54) is 51.4 Å². The first-order valence-electron chi connectivity index (χ1n) is 14.0. The maximum atomic E-state index is 11.8. The number of carbonyl (C=O) groups is 2. The Balaban J connectivity index is 1.63. The highest BCUT2D eigenvalue weighted by atomic mass is 16.6. The summed E-state index contributed by atoms with van der Waals surface area (Å²) in [6, 6.07) is 0. The van der Waals surface area contributed by atoms with Crippen LogP contribution in [0.1, 0.15) is 129 Å². The molecular formula is C28H48O6. The Labute approximate surface area is 206 Å². The van der Waals surface area contributed by atoms with Crippen LogP contribution in [-0.4, -0.2) is 46.6 Å². The second kappa shape index (κ2) is 16.3. The van der Waals surface area contributed by atoms with Crippen LogP contribution in [0.15, 0.2) is 11.1 Å². The molecule has 4 unspecified atom stereocenters. The third-order valence-corrected chi connectivity index (χ3v) is 7.27. The first-order chi connectivity index (χ1) is 16.5. The van der Waals surface area contributed by atoms with Gasteiger partial charge in [0.15, 0.2) is 0 Å². The molecule has 0 bridgehead atoms. The Hall–Kier alpha value is -1.40. The molecule has 6 heteroatoms. The van der Waals surface area contributed by atoms with Gasteiger partial charge in [0, 0.05) is 11.1 Å². The molecule has 0 amide bonds. The largest absolute Gasteiger partial charge is 0.478 e. The number of ether oxygens (including phenoxy) is 2. The smallest absolute Gasteiger partial charge is 0.332 e. The Morgan fingerprint density at radius 2 is 0.853 bits per heavy atom. The summed E-state index contributed by atoms with van der Waals surface area (Å²) >= 11 is 0. The van der Waals surface area contributed by atoms with Crippen LogP contribution in [0, 0.1) is 0 Å². The highest BCUT2D eigenvalue weighted by Gasteiger charge is 2.37. The van der Waals surface area contributed by atoms with E-state index >= 15 is 0 Å². The van der Waals surface area contributed by atoms with Crippen LogP contribution in [0.2, 0.25) is 0 Å². The summed E-state index contributed by atoms with van der Waals surface area (Å²) in [5.74, 6) is -2.18.